The summed E-state index contributed by atoms with van der Waals surface area (Å²) in [5, 5.41) is 2.78. The third kappa shape index (κ3) is 4.90. The van der Waals surface area contributed by atoms with E-state index in [0.29, 0.717) is 17.2 Å². The van der Waals surface area contributed by atoms with Crippen LogP contribution in [-0.2, 0) is 10.8 Å². The van der Waals surface area contributed by atoms with Crippen molar-refractivity contribution in [3.05, 3.63) is 24.3 Å². The minimum absolute atomic E-state index is 0.0866. The lowest BCUT2D eigenvalue weighted by Crippen LogP contribution is -2.40. The Labute approximate surface area is 116 Å². The standard InChI is InChI=1S/C13H20N2O3S/c1-10(9-19(4)17)15(2)13(16)14-11-6-5-7-12(8-11)18-3/h5-8,10H,9H2,1-4H3,(H,14,16)/t10-,19+/m0/s1. The zero-order valence-electron chi connectivity index (χ0n) is 11.7. The average Bonchev–Trinajstić information content (AvgIpc) is 2.37. The van der Waals surface area contributed by atoms with E-state index in [1.807, 2.05) is 13.0 Å². The molecule has 0 heterocycles. The van der Waals surface area contributed by atoms with Gasteiger partial charge in [-0.05, 0) is 19.1 Å². The Morgan fingerprint density at radius 2 is 2.21 bits per heavy atom. The monoisotopic (exact) mass is 284 g/mol. The van der Waals surface area contributed by atoms with Crippen LogP contribution in [0.2, 0.25) is 0 Å². The largest absolute Gasteiger partial charge is 0.497 e. The van der Waals surface area contributed by atoms with Crippen molar-refractivity contribution < 1.29 is 13.7 Å². The van der Waals surface area contributed by atoms with Gasteiger partial charge in [-0.15, -0.1) is 0 Å². The van der Waals surface area contributed by atoms with Crippen molar-refractivity contribution in [1.29, 1.82) is 0 Å². The van der Waals surface area contributed by atoms with Gasteiger partial charge in [0.25, 0.3) is 0 Å². The summed E-state index contributed by atoms with van der Waals surface area (Å²) in [6.45, 7) is 1.87. The Hall–Kier alpha value is -1.56. The molecule has 0 unspecified atom stereocenters. The van der Waals surface area contributed by atoms with Crippen LogP contribution in [0.4, 0.5) is 10.5 Å². The predicted molar refractivity (Wildman–Crippen MR) is 78.2 cm³/mol. The quantitative estimate of drug-likeness (QED) is 0.898. The molecule has 1 aromatic rings. The number of nitrogens with zero attached hydrogens (tertiary/aromatic N) is 1. The zero-order chi connectivity index (χ0) is 14.4. The van der Waals surface area contributed by atoms with Gasteiger partial charge in [0.15, 0.2) is 0 Å². The van der Waals surface area contributed by atoms with Crippen LogP contribution in [-0.4, -0.2) is 47.3 Å². The zero-order valence-corrected chi connectivity index (χ0v) is 12.5. The lowest BCUT2D eigenvalue weighted by atomic mass is 10.3. The van der Waals surface area contributed by atoms with Crippen LogP contribution in [0.1, 0.15) is 6.92 Å². The molecular formula is C13H20N2O3S. The average molecular weight is 284 g/mol. The maximum Gasteiger partial charge on any atom is 0.321 e. The number of hydrogen-bond acceptors (Lipinski definition) is 3. The Kier molecular flexibility index (Phi) is 5.82. The van der Waals surface area contributed by atoms with Crippen LogP contribution < -0.4 is 10.1 Å². The molecule has 0 aliphatic heterocycles. The van der Waals surface area contributed by atoms with E-state index in [4.69, 9.17) is 4.74 Å². The van der Waals surface area contributed by atoms with Gasteiger partial charge in [0.2, 0.25) is 0 Å². The van der Waals surface area contributed by atoms with Crippen molar-refractivity contribution in [3.63, 3.8) is 0 Å². The molecule has 1 rings (SSSR count). The van der Waals surface area contributed by atoms with Gasteiger partial charge in [0.1, 0.15) is 5.75 Å². The van der Waals surface area contributed by atoms with Gasteiger partial charge in [-0.1, -0.05) is 6.07 Å². The van der Waals surface area contributed by atoms with Crippen LogP contribution in [0.3, 0.4) is 0 Å². The first-order valence-electron chi connectivity index (χ1n) is 5.92. The third-order valence-corrected chi connectivity index (χ3v) is 3.73. The molecule has 6 heteroatoms. The van der Waals surface area contributed by atoms with E-state index in [-0.39, 0.29) is 12.1 Å². The normalized spacial score (nSPS) is 13.5. The summed E-state index contributed by atoms with van der Waals surface area (Å²) in [5.41, 5.74) is 0.668. The molecule has 0 bridgehead atoms. The van der Waals surface area contributed by atoms with Crippen molar-refractivity contribution in [1.82, 2.24) is 4.90 Å². The number of nitrogens with one attached hydrogen (secondary N) is 1. The maximum atomic E-state index is 12.0. The van der Waals surface area contributed by atoms with E-state index in [1.54, 1.807) is 43.5 Å². The fourth-order valence-electron chi connectivity index (χ4n) is 1.56. The predicted octanol–water partition coefficient (Wildman–Crippen LogP) is 1.93. The topological polar surface area (TPSA) is 58.6 Å². The van der Waals surface area contributed by atoms with Gasteiger partial charge < -0.3 is 15.0 Å². The molecule has 0 saturated carbocycles. The number of methoxy groups -OCH3 is 1. The van der Waals surface area contributed by atoms with Crippen molar-refractivity contribution in [2.75, 3.05) is 31.5 Å². The lowest BCUT2D eigenvalue weighted by molar-refractivity contribution is 0.212. The molecule has 0 aromatic heterocycles. The Morgan fingerprint density at radius 1 is 1.53 bits per heavy atom. The molecule has 2 atom stereocenters. The van der Waals surface area contributed by atoms with Crippen molar-refractivity contribution in [2.24, 2.45) is 0 Å². The van der Waals surface area contributed by atoms with Crippen LogP contribution in [0.5, 0.6) is 5.75 Å². The molecule has 1 N–H and O–H groups in total. The molecule has 0 spiro atoms. The van der Waals surface area contributed by atoms with E-state index in [1.165, 1.54) is 0 Å². The first-order chi connectivity index (χ1) is 8.93. The van der Waals surface area contributed by atoms with Gasteiger partial charge in [-0.25, -0.2) is 4.79 Å². The second-order valence-electron chi connectivity index (χ2n) is 4.36. The van der Waals surface area contributed by atoms with Crippen molar-refractivity contribution in [2.45, 2.75) is 13.0 Å². The number of urea groups is 1. The molecule has 19 heavy (non-hydrogen) atoms. The summed E-state index contributed by atoms with van der Waals surface area (Å²) in [6, 6.07) is 6.83. The summed E-state index contributed by atoms with van der Waals surface area (Å²) >= 11 is 0. The van der Waals surface area contributed by atoms with Crippen LogP contribution >= 0.6 is 0 Å². The molecule has 0 aliphatic rings. The second-order valence-corrected chi connectivity index (χ2v) is 5.84. The summed E-state index contributed by atoms with van der Waals surface area (Å²) in [7, 11) is 2.34. The number of carbonyl (C=O) groups is 1. The second kappa shape index (κ2) is 7.13. The lowest BCUT2D eigenvalue weighted by Gasteiger charge is -2.24. The molecule has 0 radical (unpaired) electrons. The maximum absolute atomic E-state index is 12.0. The molecule has 0 saturated heterocycles. The smallest absolute Gasteiger partial charge is 0.321 e. The van der Waals surface area contributed by atoms with Crippen molar-refractivity contribution >= 4 is 22.5 Å². The van der Waals surface area contributed by atoms with E-state index < -0.39 is 10.8 Å². The number of amides is 2. The van der Waals surface area contributed by atoms with Crippen molar-refractivity contribution in [3.8, 4) is 5.75 Å². The highest BCUT2D eigenvalue weighted by atomic mass is 32.2. The summed E-state index contributed by atoms with van der Waals surface area (Å²) < 4.78 is 16.3. The number of benzene rings is 1. The highest BCUT2D eigenvalue weighted by Crippen LogP contribution is 2.17. The van der Waals surface area contributed by atoms with E-state index in [0.717, 1.165) is 0 Å². The fraction of sp³-hybridized carbons (Fsp3) is 0.462. The first-order valence-corrected chi connectivity index (χ1v) is 7.64. The highest BCUT2D eigenvalue weighted by molar-refractivity contribution is 7.84. The number of anilines is 1. The van der Waals surface area contributed by atoms with Gasteiger partial charge in [0.05, 0.1) is 7.11 Å². The minimum atomic E-state index is -0.926. The molecule has 0 aliphatic carbocycles. The third-order valence-electron chi connectivity index (χ3n) is 2.78. The van der Waals surface area contributed by atoms with E-state index in [9.17, 15) is 9.00 Å². The number of ether oxygens (including phenoxy) is 1. The Balaban J connectivity index is 2.65. The van der Waals surface area contributed by atoms with Gasteiger partial charge in [-0.2, -0.15) is 0 Å². The van der Waals surface area contributed by atoms with Crippen LogP contribution in [0.15, 0.2) is 24.3 Å². The number of hydrogen-bond donors (Lipinski definition) is 1. The van der Waals surface area contributed by atoms with Gasteiger partial charge in [-0.3, -0.25) is 4.21 Å². The Morgan fingerprint density at radius 3 is 2.79 bits per heavy atom. The highest BCUT2D eigenvalue weighted by Gasteiger charge is 2.16. The molecule has 0 fully saturated rings. The summed E-state index contributed by atoms with van der Waals surface area (Å²) in [6.07, 6.45) is 1.63. The Bertz CT molecular complexity index is 465. The number of carbonyl (C=O) groups excluding carboxylic acids is 1. The number of rotatable bonds is 5. The molecule has 5 nitrogen and oxygen atoms in total. The van der Waals surface area contributed by atoms with Gasteiger partial charge >= 0.3 is 6.03 Å². The van der Waals surface area contributed by atoms with E-state index in [2.05, 4.69) is 5.32 Å². The van der Waals surface area contributed by atoms with Crippen LogP contribution in [0.25, 0.3) is 0 Å². The summed E-state index contributed by atoms with van der Waals surface area (Å²) in [4.78, 5) is 13.6. The fourth-order valence-corrected chi connectivity index (χ4v) is 2.47. The molecule has 1 aromatic carbocycles. The summed E-state index contributed by atoms with van der Waals surface area (Å²) in [5.74, 6) is 1.14. The minimum Gasteiger partial charge on any atom is -0.497 e. The SMILES string of the molecule is COc1cccc(NC(=O)N(C)[C@@H](C)C[S@@](C)=O)c1. The molecule has 106 valence electrons. The van der Waals surface area contributed by atoms with Crippen LogP contribution in [0, 0.1) is 0 Å². The molecule has 2 amide bonds. The molecular weight excluding hydrogens is 264 g/mol. The van der Waals surface area contributed by atoms with Gasteiger partial charge in [0, 0.05) is 47.7 Å². The van der Waals surface area contributed by atoms with E-state index >= 15 is 0 Å². The first kappa shape index (κ1) is 15.5.